The highest BCUT2D eigenvalue weighted by Gasteiger charge is 2.12. The number of carbonyl (C=O) groups is 1. The van der Waals surface area contributed by atoms with Crippen LogP contribution in [-0.4, -0.2) is 18.2 Å². The summed E-state index contributed by atoms with van der Waals surface area (Å²) < 4.78 is 29.6. The maximum atomic E-state index is 12.4. The lowest BCUT2D eigenvalue weighted by molar-refractivity contribution is 0.0696. The molecule has 0 aromatic heterocycles. The predicted octanol–water partition coefficient (Wildman–Crippen LogP) is 2.47. The molecule has 0 spiro atoms. The van der Waals surface area contributed by atoms with Crippen LogP contribution in [0.5, 0.6) is 0 Å². The van der Waals surface area contributed by atoms with E-state index in [2.05, 4.69) is 0 Å². The Hall–Kier alpha value is -1.49. The smallest absolute Gasteiger partial charge is 0.335 e. The highest BCUT2D eigenvalue weighted by molar-refractivity contribution is 5.88. The average molecular weight is 216 g/mol. The Bertz CT molecular complexity index is 364. The van der Waals surface area contributed by atoms with Gasteiger partial charge >= 0.3 is 5.97 Å². The number of hydrogen-bond donors (Lipinski definition) is 1. The molecule has 0 saturated heterocycles. The first-order chi connectivity index (χ1) is 7.04. The molecular formula is C10H10F2O3. The van der Waals surface area contributed by atoms with Gasteiger partial charge in [0.05, 0.1) is 12.2 Å². The third-order valence-electron chi connectivity index (χ3n) is 1.83. The third kappa shape index (κ3) is 2.99. The zero-order chi connectivity index (χ0) is 11.4. The van der Waals surface area contributed by atoms with Crippen molar-refractivity contribution in [3.8, 4) is 0 Å². The Morgan fingerprint density at radius 1 is 1.47 bits per heavy atom. The third-order valence-corrected chi connectivity index (χ3v) is 1.83. The van der Waals surface area contributed by atoms with Gasteiger partial charge in [-0.25, -0.2) is 13.6 Å². The van der Waals surface area contributed by atoms with E-state index in [-0.39, 0.29) is 17.7 Å². The van der Waals surface area contributed by atoms with Crippen molar-refractivity contribution in [3.63, 3.8) is 0 Å². The molecule has 0 heterocycles. The Kier molecular flexibility index (Phi) is 3.74. The minimum absolute atomic E-state index is 0.112. The molecule has 0 radical (unpaired) electrons. The summed E-state index contributed by atoms with van der Waals surface area (Å²) in [5.41, 5.74) is -0.0329. The average Bonchev–Trinajstić information content (AvgIpc) is 2.17. The molecule has 0 bridgehead atoms. The van der Waals surface area contributed by atoms with E-state index in [0.29, 0.717) is 5.56 Å². The van der Waals surface area contributed by atoms with Crippen molar-refractivity contribution < 1.29 is 23.4 Å². The molecule has 1 aromatic rings. The van der Waals surface area contributed by atoms with Gasteiger partial charge in [-0.05, 0) is 23.8 Å². The molecule has 0 atom stereocenters. The van der Waals surface area contributed by atoms with E-state index in [1.807, 2.05) is 0 Å². The van der Waals surface area contributed by atoms with Gasteiger partial charge in [0.2, 0.25) is 0 Å². The summed E-state index contributed by atoms with van der Waals surface area (Å²) in [6.07, 6.45) is -2.68. The van der Waals surface area contributed by atoms with Crippen LogP contribution in [0.1, 0.15) is 27.9 Å². The maximum Gasteiger partial charge on any atom is 0.335 e. The molecular weight excluding hydrogens is 206 g/mol. The van der Waals surface area contributed by atoms with Crippen LogP contribution in [-0.2, 0) is 11.3 Å². The van der Waals surface area contributed by atoms with Gasteiger partial charge < -0.3 is 9.84 Å². The molecule has 0 unspecified atom stereocenters. The number of ether oxygens (including phenoxy) is 1. The topological polar surface area (TPSA) is 46.5 Å². The van der Waals surface area contributed by atoms with Gasteiger partial charge in [0.1, 0.15) is 0 Å². The van der Waals surface area contributed by atoms with Gasteiger partial charge in [-0.3, -0.25) is 0 Å². The Morgan fingerprint density at radius 2 is 2.13 bits per heavy atom. The van der Waals surface area contributed by atoms with E-state index in [0.717, 1.165) is 6.07 Å². The van der Waals surface area contributed by atoms with Crippen LogP contribution >= 0.6 is 0 Å². The molecule has 3 nitrogen and oxygen atoms in total. The molecule has 15 heavy (non-hydrogen) atoms. The lowest BCUT2D eigenvalue weighted by Gasteiger charge is -2.06. The van der Waals surface area contributed by atoms with Crippen molar-refractivity contribution in [2.45, 2.75) is 13.0 Å². The van der Waals surface area contributed by atoms with Crippen molar-refractivity contribution in [3.05, 3.63) is 34.9 Å². The highest BCUT2D eigenvalue weighted by atomic mass is 19.3. The first-order valence-electron chi connectivity index (χ1n) is 4.19. The summed E-state index contributed by atoms with van der Waals surface area (Å²) in [5, 5.41) is 8.70. The van der Waals surface area contributed by atoms with Crippen LogP contribution in [0.25, 0.3) is 0 Å². The number of benzene rings is 1. The van der Waals surface area contributed by atoms with E-state index in [1.54, 1.807) is 0 Å². The molecule has 0 saturated carbocycles. The maximum absolute atomic E-state index is 12.4. The monoisotopic (exact) mass is 216 g/mol. The summed E-state index contributed by atoms with van der Waals surface area (Å²) in [5.74, 6) is -1.23. The number of hydrogen-bond acceptors (Lipinski definition) is 2. The van der Waals surface area contributed by atoms with E-state index in [4.69, 9.17) is 9.84 Å². The van der Waals surface area contributed by atoms with E-state index in [1.165, 1.54) is 19.2 Å². The molecule has 82 valence electrons. The Morgan fingerprint density at radius 3 is 2.60 bits per heavy atom. The first kappa shape index (κ1) is 11.6. The minimum Gasteiger partial charge on any atom is -0.478 e. The number of aromatic carboxylic acids is 1. The van der Waals surface area contributed by atoms with E-state index < -0.39 is 12.4 Å². The fourth-order valence-corrected chi connectivity index (χ4v) is 1.22. The number of halogens is 2. The highest BCUT2D eigenvalue weighted by Crippen LogP contribution is 2.22. The van der Waals surface area contributed by atoms with Gasteiger partial charge in [-0.15, -0.1) is 0 Å². The van der Waals surface area contributed by atoms with Crippen molar-refractivity contribution in [1.82, 2.24) is 0 Å². The van der Waals surface area contributed by atoms with Crippen molar-refractivity contribution >= 4 is 5.97 Å². The lowest BCUT2D eigenvalue weighted by Crippen LogP contribution is -2.01. The molecule has 1 aromatic carbocycles. The van der Waals surface area contributed by atoms with Crippen LogP contribution in [0.15, 0.2) is 18.2 Å². The molecule has 0 amide bonds. The minimum atomic E-state index is -2.68. The number of carboxylic acids is 1. The second-order valence-corrected chi connectivity index (χ2v) is 3.00. The summed E-state index contributed by atoms with van der Waals surface area (Å²) in [6.45, 7) is 0.112. The Balaban J connectivity index is 3.14. The van der Waals surface area contributed by atoms with E-state index in [9.17, 15) is 13.6 Å². The molecule has 0 aliphatic carbocycles. The quantitative estimate of drug-likeness (QED) is 0.840. The summed E-state index contributed by atoms with van der Waals surface area (Å²) in [4.78, 5) is 10.6. The number of rotatable bonds is 4. The summed E-state index contributed by atoms with van der Waals surface area (Å²) >= 11 is 0. The van der Waals surface area contributed by atoms with Crippen LogP contribution < -0.4 is 0 Å². The molecule has 0 aliphatic heterocycles. The first-order valence-corrected chi connectivity index (χ1v) is 4.19. The predicted molar refractivity (Wildman–Crippen MR) is 49.1 cm³/mol. The zero-order valence-electron chi connectivity index (χ0n) is 8.04. The number of methoxy groups -OCH3 is 1. The van der Waals surface area contributed by atoms with Crippen molar-refractivity contribution in [2.75, 3.05) is 7.11 Å². The van der Waals surface area contributed by atoms with Gasteiger partial charge in [0.25, 0.3) is 6.43 Å². The zero-order valence-corrected chi connectivity index (χ0v) is 8.04. The van der Waals surface area contributed by atoms with E-state index >= 15 is 0 Å². The fourth-order valence-electron chi connectivity index (χ4n) is 1.22. The van der Waals surface area contributed by atoms with Gasteiger partial charge in [0, 0.05) is 12.7 Å². The number of alkyl halides is 2. The summed E-state index contributed by atoms with van der Waals surface area (Å²) in [7, 11) is 1.41. The molecule has 0 fully saturated rings. The van der Waals surface area contributed by atoms with Crippen LogP contribution in [0.2, 0.25) is 0 Å². The molecule has 5 heteroatoms. The van der Waals surface area contributed by atoms with Crippen molar-refractivity contribution in [1.29, 1.82) is 0 Å². The standard InChI is InChI=1S/C10H10F2O3/c1-15-5-6-2-7(9(11)12)4-8(3-6)10(13)14/h2-4,9H,5H2,1H3,(H,13,14). The Labute approximate surface area is 85.3 Å². The number of carboxylic acid groups (broad SMARTS) is 1. The van der Waals surface area contributed by atoms with Crippen LogP contribution in [0, 0.1) is 0 Å². The fraction of sp³-hybridized carbons (Fsp3) is 0.300. The van der Waals surface area contributed by atoms with Gasteiger partial charge in [-0.2, -0.15) is 0 Å². The van der Waals surface area contributed by atoms with Gasteiger partial charge in [0.15, 0.2) is 0 Å². The largest absolute Gasteiger partial charge is 0.478 e. The van der Waals surface area contributed by atoms with Crippen LogP contribution in [0.3, 0.4) is 0 Å². The van der Waals surface area contributed by atoms with Crippen molar-refractivity contribution in [2.24, 2.45) is 0 Å². The molecule has 1 rings (SSSR count). The molecule has 0 aliphatic rings. The second-order valence-electron chi connectivity index (χ2n) is 3.00. The molecule has 1 N–H and O–H groups in total. The SMILES string of the molecule is COCc1cc(C(=O)O)cc(C(F)F)c1. The van der Waals surface area contributed by atoms with Crippen LogP contribution in [0.4, 0.5) is 8.78 Å². The van der Waals surface area contributed by atoms with Gasteiger partial charge in [-0.1, -0.05) is 0 Å². The lowest BCUT2D eigenvalue weighted by atomic mass is 10.1. The normalized spacial score (nSPS) is 10.7. The summed E-state index contributed by atoms with van der Waals surface area (Å²) in [6, 6.07) is 3.52. The second kappa shape index (κ2) is 4.84.